The van der Waals surface area contributed by atoms with Gasteiger partial charge in [0.2, 0.25) is 5.95 Å². The van der Waals surface area contributed by atoms with Gasteiger partial charge in [0.1, 0.15) is 0 Å². The molecule has 0 aliphatic heterocycles. The van der Waals surface area contributed by atoms with Crippen LogP contribution in [0, 0.1) is 0 Å². The SMILES string of the molecule is O=C1CC(c2ccccc2)Cc2nc(Nc3cc(Cl)cc(Cl)c3)ncc21. The van der Waals surface area contributed by atoms with Crippen LogP contribution in [-0.2, 0) is 6.42 Å². The number of carbonyl (C=O) groups is 1. The highest BCUT2D eigenvalue weighted by molar-refractivity contribution is 6.35. The molecule has 1 unspecified atom stereocenters. The molecule has 2 aromatic carbocycles. The molecule has 0 saturated carbocycles. The molecule has 1 aromatic heterocycles. The lowest BCUT2D eigenvalue weighted by molar-refractivity contribution is 0.0962. The Morgan fingerprint density at radius 2 is 1.73 bits per heavy atom. The second kappa shape index (κ2) is 7.06. The Labute approximate surface area is 161 Å². The highest BCUT2D eigenvalue weighted by Crippen LogP contribution is 2.32. The first-order chi connectivity index (χ1) is 12.6. The highest BCUT2D eigenvalue weighted by atomic mass is 35.5. The number of anilines is 2. The van der Waals surface area contributed by atoms with E-state index in [1.54, 1.807) is 24.4 Å². The Morgan fingerprint density at radius 3 is 2.46 bits per heavy atom. The number of benzene rings is 2. The van der Waals surface area contributed by atoms with E-state index >= 15 is 0 Å². The summed E-state index contributed by atoms with van der Waals surface area (Å²) in [4.78, 5) is 21.3. The number of rotatable bonds is 3. The summed E-state index contributed by atoms with van der Waals surface area (Å²) in [5.41, 5.74) is 3.22. The van der Waals surface area contributed by atoms with Crippen molar-refractivity contribution in [3.63, 3.8) is 0 Å². The van der Waals surface area contributed by atoms with E-state index in [1.807, 2.05) is 18.2 Å². The molecule has 1 aliphatic rings. The first kappa shape index (κ1) is 17.0. The zero-order valence-electron chi connectivity index (χ0n) is 13.7. The Hall–Kier alpha value is -2.43. The third-order valence-corrected chi connectivity index (χ3v) is 4.87. The Morgan fingerprint density at radius 1 is 1.00 bits per heavy atom. The monoisotopic (exact) mass is 383 g/mol. The first-order valence-electron chi connectivity index (χ1n) is 8.25. The summed E-state index contributed by atoms with van der Waals surface area (Å²) < 4.78 is 0. The van der Waals surface area contributed by atoms with Crippen LogP contribution in [0.25, 0.3) is 0 Å². The number of aromatic nitrogens is 2. The van der Waals surface area contributed by atoms with E-state index in [4.69, 9.17) is 23.2 Å². The molecule has 1 N–H and O–H groups in total. The number of fused-ring (bicyclic) bond motifs is 1. The van der Waals surface area contributed by atoms with Crippen molar-refractivity contribution < 1.29 is 4.79 Å². The van der Waals surface area contributed by atoms with E-state index in [0.717, 1.165) is 11.3 Å². The normalized spacial score (nSPS) is 16.2. The molecule has 0 spiro atoms. The molecule has 0 fully saturated rings. The van der Waals surface area contributed by atoms with Gasteiger partial charge in [-0.3, -0.25) is 4.79 Å². The number of Topliss-reactive ketones (excluding diaryl/α,β-unsaturated/α-hetero) is 1. The number of carbonyl (C=O) groups excluding carboxylic acids is 1. The van der Waals surface area contributed by atoms with Gasteiger partial charge in [0.05, 0.1) is 11.3 Å². The molecule has 0 saturated heterocycles. The van der Waals surface area contributed by atoms with Crippen LogP contribution in [0.3, 0.4) is 0 Å². The number of ketones is 1. The van der Waals surface area contributed by atoms with Crippen LogP contribution in [0.15, 0.2) is 54.7 Å². The molecule has 1 atom stereocenters. The Kier molecular flexibility index (Phi) is 4.62. The second-order valence-corrected chi connectivity index (χ2v) is 7.15. The second-order valence-electron chi connectivity index (χ2n) is 6.28. The van der Waals surface area contributed by atoms with Crippen molar-refractivity contribution in [3.8, 4) is 0 Å². The van der Waals surface area contributed by atoms with E-state index in [9.17, 15) is 4.79 Å². The third kappa shape index (κ3) is 3.57. The van der Waals surface area contributed by atoms with E-state index in [-0.39, 0.29) is 11.7 Å². The molecule has 1 heterocycles. The van der Waals surface area contributed by atoms with Crippen molar-refractivity contribution in [2.24, 2.45) is 0 Å². The van der Waals surface area contributed by atoms with Crippen LogP contribution in [0.5, 0.6) is 0 Å². The number of hydrogen-bond donors (Lipinski definition) is 1. The van der Waals surface area contributed by atoms with Crippen LogP contribution in [0.2, 0.25) is 10.0 Å². The average Bonchev–Trinajstić information content (AvgIpc) is 2.61. The quantitative estimate of drug-likeness (QED) is 0.653. The minimum Gasteiger partial charge on any atom is -0.324 e. The molecule has 1 aliphatic carbocycles. The summed E-state index contributed by atoms with van der Waals surface area (Å²) in [6.07, 6.45) is 2.79. The highest BCUT2D eigenvalue weighted by Gasteiger charge is 2.28. The van der Waals surface area contributed by atoms with Gasteiger partial charge < -0.3 is 5.32 Å². The van der Waals surface area contributed by atoms with E-state index < -0.39 is 0 Å². The molecule has 0 amide bonds. The predicted octanol–water partition coefficient (Wildman–Crippen LogP) is 5.44. The fourth-order valence-electron chi connectivity index (χ4n) is 3.22. The van der Waals surface area contributed by atoms with Crippen LogP contribution in [0.1, 0.15) is 34.0 Å². The summed E-state index contributed by atoms with van der Waals surface area (Å²) in [6, 6.07) is 15.2. The molecule has 4 rings (SSSR count). The van der Waals surface area contributed by atoms with Crippen molar-refractivity contribution in [2.75, 3.05) is 5.32 Å². The summed E-state index contributed by atoms with van der Waals surface area (Å²) in [5.74, 6) is 0.639. The van der Waals surface area contributed by atoms with E-state index in [2.05, 4.69) is 27.4 Å². The fourth-order valence-corrected chi connectivity index (χ4v) is 3.75. The minimum absolute atomic E-state index is 0.0810. The Balaban J connectivity index is 1.62. The van der Waals surface area contributed by atoms with Gasteiger partial charge in [0, 0.05) is 28.4 Å². The van der Waals surface area contributed by atoms with Gasteiger partial charge in [-0.05, 0) is 36.1 Å². The lowest BCUT2D eigenvalue weighted by Crippen LogP contribution is -2.21. The van der Waals surface area contributed by atoms with Gasteiger partial charge in [0.15, 0.2) is 5.78 Å². The largest absolute Gasteiger partial charge is 0.324 e. The standard InChI is InChI=1S/C20H15Cl2N3O/c21-14-8-15(22)10-16(9-14)24-20-23-11-17-18(25-20)6-13(7-19(17)26)12-4-2-1-3-5-12/h1-5,8-11,13H,6-7H2,(H,23,24,25). The van der Waals surface area contributed by atoms with Crippen LogP contribution in [0.4, 0.5) is 11.6 Å². The fraction of sp³-hybridized carbons (Fsp3) is 0.150. The van der Waals surface area contributed by atoms with Gasteiger partial charge in [-0.15, -0.1) is 0 Å². The van der Waals surface area contributed by atoms with Gasteiger partial charge in [0.25, 0.3) is 0 Å². The van der Waals surface area contributed by atoms with Gasteiger partial charge >= 0.3 is 0 Å². The van der Waals surface area contributed by atoms with Gasteiger partial charge in [-0.2, -0.15) is 0 Å². The van der Waals surface area contributed by atoms with Crippen molar-refractivity contribution >= 4 is 40.6 Å². The van der Waals surface area contributed by atoms with Crippen LogP contribution >= 0.6 is 23.2 Å². The summed E-state index contributed by atoms with van der Waals surface area (Å²) >= 11 is 12.1. The number of hydrogen-bond acceptors (Lipinski definition) is 4. The topological polar surface area (TPSA) is 54.9 Å². The van der Waals surface area contributed by atoms with Crippen LogP contribution < -0.4 is 5.32 Å². The Bertz CT molecular complexity index is 956. The molecule has 3 aromatic rings. The lowest BCUT2D eigenvalue weighted by Gasteiger charge is -2.23. The van der Waals surface area contributed by atoms with Crippen molar-refractivity contribution in [3.05, 3.63) is 81.6 Å². The number of nitrogens with zero attached hydrogens (tertiary/aromatic N) is 2. The number of halogens is 2. The first-order valence-corrected chi connectivity index (χ1v) is 9.01. The van der Waals surface area contributed by atoms with E-state index in [0.29, 0.717) is 40.1 Å². The maximum atomic E-state index is 12.5. The molecular formula is C20H15Cl2N3O. The van der Waals surface area contributed by atoms with Crippen LogP contribution in [-0.4, -0.2) is 15.8 Å². The van der Waals surface area contributed by atoms with Gasteiger partial charge in [-0.1, -0.05) is 53.5 Å². The maximum absolute atomic E-state index is 12.5. The zero-order valence-corrected chi connectivity index (χ0v) is 15.3. The van der Waals surface area contributed by atoms with Crippen molar-refractivity contribution in [1.82, 2.24) is 9.97 Å². The van der Waals surface area contributed by atoms with Crippen molar-refractivity contribution in [2.45, 2.75) is 18.8 Å². The zero-order chi connectivity index (χ0) is 18.1. The van der Waals surface area contributed by atoms with Crippen molar-refractivity contribution in [1.29, 1.82) is 0 Å². The molecule has 0 bridgehead atoms. The van der Waals surface area contributed by atoms with E-state index in [1.165, 1.54) is 0 Å². The average molecular weight is 384 g/mol. The predicted molar refractivity (Wildman–Crippen MR) is 104 cm³/mol. The molecular weight excluding hydrogens is 369 g/mol. The summed E-state index contributed by atoms with van der Waals surface area (Å²) in [7, 11) is 0. The molecule has 130 valence electrons. The summed E-state index contributed by atoms with van der Waals surface area (Å²) in [5, 5.41) is 4.15. The summed E-state index contributed by atoms with van der Waals surface area (Å²) in [6.45, 7) is 0. The lowest BCUT2D eigenvalue weighted by atomic mass is 9.82. The third-order valence-electron chi connectivity index (χ3n) is 4.43. The van der Waals surface area contributed by atoms with Gasteiger partial charge in [-0.25, -0.2) is 9.97 Å². The molecule has 4 nitrogen and oxygen atoms in total. The minimum atomic E-state index is 0.0810. The number of nitrogens with one attached hydrogen (secondary N) is 1. The molecule has 6 heteroatoms. The maximum Gasteiger partial charge on any atom is 0.227 e. The smallest absolute Gasteiger partial charge is 0.227 e. The molecule has 26 heavy (non-hydrogen) atoms. The molecule has 0 radical (unpaired) electrons.